The van der Waals surface area contributed by atoms with Gasteiger partial charge < -0.3 is 14.4 Å². The van der Waals surface area contributed by atoms with Crippen molar-refractivity contribution in [3.05, 3.63) is 22.2 Å². The molecular weight excluding hydrogens is 362 g/mol. The Bertz CT molecular complexity index is 722. The Morgan fingerprint density at radius 1 is 1.35 bits per heavy atom. The van der Waals surface area contributed by atoms with E-state index >= 15 is 0 Å². The van der Waals surface area contributed by atoms with Crippen LogP contribution in [0.5, 0.6) is 0 Å². The number of nitrogens with zero attached hydrogens (tertiary/aromatic N) is 3. The summed E-state index contributed by atoms with van der Waals surface area (Å²) < 4.78 is 6.87. The molecule has 0 radical (unpaired) electrons. The van der Waals surface area contributed by atoms with E-state index in [2.05, 4.69) is 25.8 Å². The van der Waals surface area contributed by atoms with Crippen LogP contribution < -0.4 is 4.90 Å². The van der Waals surface area contributed by atoms with Gasteiger partial charge in [-0.1, -0.05) is 6.07 Å². The summed E-state index contributed by atoms with van der Waals surface area (Å²) >= 11 is 3.51. The summed E-state index contributed by atoms with van der Waals surface area (Å²) in [6.45, 7) is 3.30. The Balaban J connectivity index is 1.68. The second-order valence-corrected chi connectivity index (χ2v) is 7.23. The van der Waals surface area contributed by atoms with Crippen molar-refractivity contribution in [3.63, 3.8) is 0 Å². The second-order valence-electron chi connectivity index (χ2n) is 6.37. The fraction of sp³-hybridized carbons (Fsp3) is 0.500. The number of oxazole rings is 1. The van der Waals surface area contributed by atoms with Gasteiger partial charge in [-0.25, -0.2) is 4.79 Å². The molecule has 2 unspecified atom stereocenters. The van der Waals surface area contributed by atoms with Crippen LogP contribution in [0, 0.1) is 6.92 Å². The minimum Gasteiger partial charge on any atom is -0.465 e. The third-order valence-electron chi connectivity index (χ3n) is 4.90. The van der Waals surface area contributed by atoms with Crippen LogP contribution in [0.25, 0.3) is 11.1 Å². The van der Waals surface area contributed by atoms with E-state index < -0.39 is 6.09 Å². The van der Waals surface area contributed by atoms with Gasteiger partial charge in [0.05, 0.1) is 16.6 Å². The summed E-state index contributed by atoms with van der Waals surface area (Å²) in [6.07, 6.45) is 2.09. The zero-order chi connectivity index (χ0) is 16.1. The molecule has 2 bridgehead atoms. The summed E-state index contributed by atoms with van der Waals surface area (Å²) in [6, 6.07) is 4.62. The van der Waals surface area contributed by atoms with Gasteiger partial charge in [0.1, 0.15) is 5.52 Å². The van der Waals surface area contributed by atoms with Crippen LogP contribution in [0.1, 0.15) is 24.8 Å². The number of aryl methyl sites for hydroxylation is 1. The lowest BCUT2D eigenvalue weighted by Crippen LogP contribution is -2.62. The number of hydrogen-bond donors (Lipinski definition) is 1. The van der Waals surface area contributed by atoms with Crippen molar-refractivity contribution in [3.8, 4) is 0 Å². The first-order valence-electron chi connectivity index (χ1n) is 7.86. The van der Waals surface area contributed by atoms with Gasteiger partial charge in [-0.2, -0.15) is 4.98 Å². The number of anilines is 1. The van der Waals surface area contributed by atoms with Gasteiger partial charge in [0.2, 0.25) is 0 Å². The molecule has 23 heavy (non-hydrogen) atoms. The number of amides is 1. The molecule has 2 aliphatic rings. The number of carbonyl (C=O) groups is 1. The third-order valence-corrected chi connectivity index (χ3v) is 5.53. The maximum atomic E-state index is 11.5. The second kappa shape index (κ2) is 5.40. The molecule has 0 saturated carbocycles. The number of aromatic nitrogens is 1. The highest BCUT2D eigenvalue weighted by molar-refractivity contribution is 9.10. The van der Waals surface area contributed by atoms with Gasteiger partial charge in [0, 0.05) is 13.1 Å². The molecule has 1 aromatic heterocycles. The molecule has 2 saturated heterocycles. The number of carboxylic acid groups (broad SMARTS) is 1. The average Bonchev–Trinajstić information content (AvgIpc) is 2.96. The first kappa shape index (κ1) is 14.8. The zero-order valence-corrected chi connectivity index (χ0v) is 14.4. The largest absolute Gasteiger partial charge is 0.465 e. The lowest BCUT2D eigenvalue weighted by atomic mass is 9.92. The number of rotatable bonds is 1. The molecule has 3 heterocycles. The molecule has 1 aromatic carbocycles. The molecule has 7 heteroatoms. The highest BCUT2D eigenvalue weighted by atomic mass is 79.9. The molecular formula is C16H18BrN3O3. The van der Waals surface area contributed by atoms with Crippen molar-refractivity contribution in [2.75, 3.05) is 18.0 Å². The van der Waals surface area contributed by atoms with E-state index in [1.165, 1.54) is 0 Å². The van der Waals surface area contributed by atoms with Crippen LogP contribution >= 0.6 is 15.9 Å². The van der Waals surface area contributed by atoms with E-state index in [0.29, 0.717) is 19.1 Å². The topological polar surface area (TPSA) is 69.8 Å². The summed E-state index contributed by atoms with van der Waals surface area (Å²) in [4.78, 5) is 19.9. The number of fused-ring (bicyclic) bond motifs is 3. The Kier molecular flexibility index (Phi) is 3.48. The predicted octanol–water partition coefficient (Wildman–Crippen LogP) is 3.62. The number of piperidine rings is 1. The Morgan fingerprint density at radius 3 is 2.65 bits per heavy atom. The first-order chi connectivity index (χ1) is 11.0. The van der Waals surface area contributed by atoms with Gasteiger partial charge in [-0.15, -0.1) is 0 Å². The van der Waals surface area contributed by atoms with Gasteiger partial charge in [-0.3, -0.25) is 4.90 Å². The molecule has 4 rings (SSSR count). The molecule has 2 aliphatic heterocycles. The van der Waals surface area contributed by atoms with Crippen molar-refractivity contribution in [1.29, 1.82) is 0 Å². The fourth-order valence-electron chi connectivity index (χ4n) is 3.80. The number of piperazine rings is 1. The van der Waals surface area contributed by atoms with Crippen molar-refractivity contribution >= 4 is 39.1 Å². The summed E-state index contributed by atoms with van der Waals surface area (Å²) in [5.41, 5.74) is 2.69. The lowest BCUT2D eigenvalue weighted by molar-refractivity contribution is 0.0593. The van der Waals surface area contributed by atoms with Gasteiger partial charge in [0.25, 0.3) is 6.01 Å². The van der Waals surface area contributed by atoms with Crippen molar-refractivity contribution in [2.24, 2.45) is 0 Å². The van der Waals surface area contributed by atoms with Crippen LogP contribution in [-0.4, -0.2) is 46.3 Å². The molecule has 2 aromatic rings. The minimum atomic E-state index is -0.810. The van der Waals surface area contributed by atoms with Crippen LogP contribution in [0.4, 0.5) is 10.8 Å². The molecule has 0 spiro atoms. The first-order valence-corrected chi connectivity index (χ1v) is 8.65. The van der Waals surface area contributed by atoms with Crippen molar-refractivity contribution < 1.29 is 14.3 Å². The monoisotopic (exact) mass is 379 g/mol. The van der Waals surface area contributed by atoms with E-state index in [1.54, 1.807) is 4.90 Å². The molecule has 1 amide bonds. The normalized spacial score (nSPS) is 24.3. The quantitative estimate of drug-likeness (QED) is 0.819. The van der Waals surface area contributed by atoms with Crippen LogP contribution in [-0.2, 0) is 0 Å². The average molecular weight is 380 g/mol. The maximum absolute atomic E-state index is 11.5. The van der Waals surface area contributed by atoms with Gasteiger partial charge in [-0.05, 0) is 53.7 Å². The van der Waals surface area contributed by atoms with Crippen LogP contribution in [0.3, 0.4) is 0 Å². The molecule has 122 valence electrons. The van der Waals surface area contributed by atoms with E-state index in [0.717, 1.165) is 40.4 Å². The predicted molar refractivity (Wildman–Crippen MR) is 89.9 cm³/mol. The van der Waals surface area contributed by atoms with E-state index in [1.807, 2.05) is 19.1 Å². The summed E-state index contributed by atoms with van der Waals surface area (Å²) in [5, 5.41) is 9.45. The Hall–Kier alpha value is -1.76. The molecule has 6 nitrogen and oxygen atoms in total. The number of hydrogen-bond acceptors (Lipinski definition) is 4. The summed E-state index contributed by atoms with van der Waals surface area (Å²) in [7, 11) is 0. The minimum absolute atomic E-state index is 0.0274. The number of halogens is 1. The number of benzene rings is 1. The van der Waals surface area contributed by atoms with Gasteiger partial charge in [0.15, 0.2) is 5.58 Å². The van der Waals surface area contributed by atoms with E-state index in [-0.39, 0.29) is 12.1 Å². The SMILES string of the molecule is Cc1ccc(Br)c2oc(N3CC4CCCC(C3)N4C(=O)O)nc12. The molecule has 2 fully saturated rings. The van der Waals surface area contributed by atoms with Crippen molar-refractivity contribution in [1.82, 2.24) is 9.88 Å². The smallest absolute Gasteiger partial charge is 0.407 e. The Labute approximate surface area is 142 Å². The highest BCUT2D eigenvalue weighted by Crippen LogP contribution is 2.34. The molecule has 2 atom stereocenters. The zero-order valence-electron chi connectivity index (χ0n) is 12.8. The molecule has 1 N–H and O–H groups in total. The highest BCUT2D eigenvalue weighted by Gasteiger charge is 2.41. The summed E-state index contributed by atoms with van der Waals surface area (Å²) in [5.74, 6) is 0. The maximum Gasteiger partial charge on any atom is 0.407 e. The third kappa shape index (κ3) is 2.38. The van der Waals surface area contributed by atoms with Crippen LogP contribution in [0.2, 0.25) is 0 Å². The molecule has 0 aliphatic carbocycles. The van der Waals surface area contributed by atoms with Crippen LogP contribution in [0.15, 0.2) is 21.0 Å². The lowest BCUT2D eigenvalue weighted by Gasteiger charge is -2.48. The van der Waals surface area contributed by atoms with Gasteiger partial charge >= 0.3 is 6.09 Å². The fourth-order valence-corrected chi connectivity index (χ4v) is 4.20. The van der Waals surface area contributed by atoms with Crippen molar-refractivity contribution in [2.45, 2.75) is 38.3 Å². The standard InChI is InChI=1S/C16H18BrN3O3/c1-9-5-6-12(17)14-13(9)18-15(23-14)19-7-10-3-2-4-11(8-19)20(10)16(21)22/h5-6,10-11H,2-4,7-8H2,1H3,(H,21,22). The van der Waals surface area contributed by atoms with E-state index in [4.69, 9.17) is 4.42 Å². The Morgan fingerprint density at radius 2 is 2.04 bits per heavy atom. The van der Waals surface area contributed by atoms with E-state index in [9.17, 15) is 9.90 Å².